The molecule has 2 N–H and O–H groups in total. The second-order valence-corrected chi connectivity index (χ2v) is 7.40. The average molecular weight is 407 g/mol. The first kappa shape index (κ1) is 17.9. The van der Waals surface area contributed by atoms with Gasteiger partial charge in [-0.3, -0.25) is 9.89 Å². The van der Waals surface area contributed by atoms with Gasteiger partial charge in [-0.25, -0.2) is 4.98 Å². The van der Waals surface area contributed by atoms with Gasteiger partial charge in [-0.2, -0.15) is 5.10 Å². The number of amides is 1. The Morgan fingerprint density at radius 3 is 2.56 bits per heavy atom. The van der Waals surface area contributed by atoms with Crippen LogP contribution >= 0.6 is 15.9 Å². The molecule has 0 aromatic carbocycles. The molecular weight excluding hydrogens is 384 g/mol. The fourth-order valence-electron chi connectivity index (χ4n) is 2.75. The first-order valence-corrected chi connectivity index (χ1v) is 9.19. The molecule has 2 aromatic rings. The summed E-state index contributed by atoms with van der Waals surface area (Å²) in [5, 5.41) is 9.87. The topological polar surface area (TPSA) is 77.2 Å². The molecule has 0 unspecified atom stereocenters. The average Bonchev–Trinajstić information content (AvgIpc) is 2.98. The van der Waals surface area contributed by atoms with Crippen molar-refractivity contribution in [3.8, 4) is 0 Å². The molecule has 0 radical (unpaired) electrons. The molecule has 0 atom stereocenters. The number of pyridine rings is 1. The maximum Gasteiger partial charge on any atom is 0.277 e. The summed E-state index contributed by atoms with van der Waals surface area (Å²) in [6.45, 7) is 8.08. The number of piperazine rings is 1. The Kier molecular flexibility index (Phi) is 5.39. The Bertz CT molecular complexity index is 734. The molecule has 1 saturated heterocycles. The molecule has 134 valence electrons. The smallest absolute Gasteiger partial charge is 0.277 e. The Hall–Kier alpha value is -1.93. The van der Waals surface area contributed by atoms with E-state index in [9.17, 15) is 4.79 Å². The summed E-state index contributed by atoms with van der Waals surface area (Å²) >= 11 is 3.45. The van der Waals surface area contributed by atoms with Crippen molar-refractivity contribution in [2.45, 2.75) is 19.8 Å². The van der Waals surface area contributed by atoms with Crippen LogP contribution in [-0.4, -0.2) is 59.2 Å². The molecule has 1 amide bonds. The Morgan fingerprint density at radius 2 is 2.00 bits per heavy atom. The van der Waals surface area contributed by atoms with Crippen LogP contribution in [0, 0.1) is 0 Å². The SMILES string of the molecule is CC(C)c1[nH]nc(C(=O)Nc2ccc(N3CCN(C)CC3)nc2)c1Br. The number of likely N-dealkylation sites (N-methyl/N-ethyl adjacent to an activating group) is 1. The van der Waals surface area contributed by atoms with E-state index < -0.39 is 0 Å². The summed E-state index contributed by atoms with van der Waals surface area (Å²) < 4.78 is 0.710. The van der Waals surface area contributed by atoms with Crippen molar-refractivity contribution in [1.29, 1.82) is 0 Å². The van der Waals surface area contributed by atoms with Crippen LogP contribution in [0.15, 0.2) is 22.8 Å². The van der Waals surface area contributed by atoms with Crippen molar-refractivity contribution in [3.63, 3.8) is 0 Å². The van der Waals surface area contributed by atoms with Crippen LogP contribution in [0.1, 0.15) is 35.9 Å². The van der Waals surface area contributed by atoms with E-state index in [4.69, 9.17) is 0 Å². The van der Waals surface area contributed by atoms with Gasteiger partial charge in [0.25, 0.3) is 5.91 Å². The number of anilines is 2. The summed E-state index contributed by atoms with van der Waals surface area (Å²) in [5.41, 5.74) is 1.92. The lowest BCUT2D eigenvalue weighted by atomic mass is 10.1. The third-order valence-corrected chi connectivity index (χ3v) is 5.16. The van der Waals surface area contributed by atoms with Gasteiger partial charge in [0, 0.05) is 26.2 Å². The highest BCUT2D eigenvalue weighted by molar-refractivity contribution is 9.10. The van der Waals surface area contributed by atoms with Crippen LogP contribution in [0.2, 0.25) is 0 Å². The van der Waals surface area contributed by atoms with Crippen LogP contribution in [-0.2, 0) is 0 Å². The first-order valence-electron chi connectivity index (χ1n) is 8.40. The molecule has 1 aliphatic heterocycles. The Morgan fingerprint density at radius 1 is 1.28 bits per heavy atom. The first-order chi connectivity index (χ1) is 12.0. The van der Waals surface area contributed by atoms with Gasteiger partial charge in [0.2, 0.25) is 0 Å². The lowest BCUT2D eigenvalue weighted by Gasteiger charge is -2.33. The molecule has 2 aromatic heterocycles. The van der Waals surface area contributed by atoms with Gasteiger partial charge in [0.1, 0.15) is 5.82 Å². The number of aromatic amines is 1. The predicted molar refractivity (Wildman–Crippen MR) is 102 cm³/mol. The van der Waals surface area contributed by atoms with Gasteiger partial charge in [-0.1, -0.05) is 13.8 Å². The van der Waals surface area contributed by atoms with E-state index in [1.54, 1.807) is 6.20 Å². The van der Waals surface area contributed by atoms with E-state index in [0.717, 1.165) is 37.7 Å². The fourth-order valence-corrected chi connectivity index (χ4v) is 3.56. The maximum atomic E-state index is 12.4. The molecular formula is C17H23BrN6O. The molecule has 0 bridgehead atoms. The van der Waals surface area contributed by atoms with Gasteiger partial charge < -0.3 is 15.1 Å². The van der Waals surface area contributed by atoms with Gasteiger partial charge in [0.15, 0.2) is 5.69 Å². The van der Waals surface area contributed by atoms with Crippen LogP contribution in [0.5, 0.6) is 0 Å². The van der Waals surface area contributed by atoms with Crippen molar-refractivity contribution in [3.05, 3.63) is 34.2 Å². The maximum absolute atomic E-state index is 12.4. The van der Waals surface area contributed by atoms with Gasteiger partial charge in [0.05, 0.1) is 22.1 Å². The quantitative estimate of drug-likeness (QED) is 0.815. The third-order valence-electron chi connectivity index (χ3n) is 4.36. The van der Waals surface area contributed by atoms with E-state index in [1.165, 1.54) is 0 Å². The normalized spacial score (nSPS) is 15.6. The summed E-state index contributed by atoms with van der Waals surface area (Å²) in [5.74, 6) is 0.936. The fraction of sp³-hybridized carbons (Fsp3) is 0.471. The lowest BCUT2D eigenvalue weighted by molar-refractivity contribution is 0.102. The lowest BCUT2D eigenvalue weighted by Crippen LogP contribution is -2.44. The number of hydrogen-bond donors (Lipinski definition) is 2. The summed E-state index contributed by atoms with van der Waals surface area (Å²) in [6, 6.07) is 3.82. The number of carbonyl (C=O) groups is 1. The van der Waals surface area contributed by atoms with Crippen LogP contribution in [0.3, 0.4) is 0 Å². The largest absolute Gasteiger partial charge is 0.354 e. The van der Waals surface area contributed by atoms with Crippen molar-refractivity contribution in [2.24, 2.45) is 0 Å². The number of rotatable bonds is 4. The number of hydrogen-bond acceptors (Lipinski definition) is 5. The highest BCUT2D eigenvalue weighted by Gasteiger charge is 2.20. The monoisotopic (exact) mass is 406 g/mol. The third kappa shape index (κ3) is 4.01. The highest BCUT2D eigenvalue weighted by atomic mass is 79.9. The predicted octanol–water partition coefficient (Wildman–Crippen LogP) is 2.69. The van der Waals surface area contributed by atoms with Crippen LogP contribution in [0.25, 0.3) is 0 Å². The van der Waals surface area contributed by atoms with Gasteiger partial charge in [-0.05, 0) is 41.0 Å². The molecule has 25 heavy (non-hydrogen) atoms. The summed E-state index contributed by atoms with van der Waals surface area (Å²) in [4.78, 5) is 21.5. The zero-order valence-electron chi connectivity index (χ0n) is 14.7. The highest BCUT2D eigenvalue weighted by Crippen LogP contribution is 2.26. The van der Waals surface area contributed by atoms with Crippen LogP contribution in [0.4, 0.5) is 11.5 Å². The standard InChI is InChI=1S/C17H23BrN6O/c1-11(2)15-14(18)16(22-21-15)17(25)20-12-4-5-13(19-10-12)24-8-6-23(3)7-9-24/h4-5,10-11H,6-9H2,1-3H3,(H,20,25)(H,21,22). The molecule has 0 saturated carbocycles. The summed E-state index contributed by atoms with van der Waals surface area (Å²) in [6.07, 6.45) is 1.69. The van der Waals surface area contributed by atoms with Crippen molar-refractivity contribution in [1.82, 2.24) is 20.1 Å². The molecule has 0 spiro atoms. The molecule has 3 heterocycles. The molecule has 1 fully saturated rings. The number of halogens is 1. The molecule has 0 aliphatic carbocycles. The number of H-pyrrole nitrogens is 1. The number of carbonyl (C=O) groups excluding carboxylic acids is 1. The van der Waals surface area contributed by atoms with E-state index in [0.29, 0.717) is 15.9 Å². The molecule has 1 aliphatic rings. The Balaban J connectivity index is 1.66. The Labute approximate surface area is 155 Å². The minimum Gasteiger partial charge on any atom is -0.354 e. The zero-order chi connectivity index (χ0) is 18.0. The van der Waals surface area contributed by atoms with E-state index in [1.807, 2.05) is 26.0 Å². The minimum absolute atomic E-state index is 0.257. The molecule has 7 nitrogen and oxygen atoms in total. The zero-order valence-corrected chi connectivity index (χ0v) is 16.3. The molecule has 3 rings (SSSR count). The minimum atomic E-state index is -0.260. The van der Waals surface area contributed by atoms with E-state index in [-0.39, 0.29) is 11.8 Å². The van der Waals surface area contributed by atoms with E-state index >= 15 is 0 Å². The summed E-state index contributed by atoms with van der Waals surface area (Å²) in [7, 11) is 2.13. The number of nitrogens with zero attached hydrogens (tertiary/aromatic N) is 4. The second-order valence-electron chi connectivity index (χ2n) is 6.60. The van der Waals surface area contributed by atoms with Crippen molar-refractivity contribution < 1.29 is 4.79 Å². The second kappa shape index (κ2) is 7.53. The van der Waals surface area contributed by atoms with Crippen molar-refractivity contribution in [2.75, 3.05) is 43.4 Å². The number of aromatic nitrogens is 3. The van der Waals surface area contributed by atoms with Gasteiger partial charge >= 0.3 is 0 Å². The van der Waals surface area contributed by atoms with Crippen molar-refractivity contribution >= 4 is 33.3 Å². The van der Waals surface area contributed by atoms with Gasteiger partial charge in [-0.15, -0.1) is 0 Å². The molecule has 8 heteroatoms. The van der Waals surface area contributed by atoms with E-state index in [2.05, 4.69) is 53.3 Å². The number of nitrogens with one attached hydrogen (secondary N) is 2. The van der Waals surface area contributed by atoms with Crippen LogP contribution < -0.4 is 10.2 Å².